The first kappa shape index (κ1) is 17.8. The van der Waals surface area contributed by atoms with E-state index in [2.05, 4.69) is 10.3 Å². The van der Waals surface area contributed by atoms with Crippen LogP contribution in [-0.4, -0.2) is 51.3 Å². The van der Waals surface area contributed by atoms with Gasteiger partial charge in [0.2, 0.25) is 0 Å². The molecule has 8 heteroatoms. The van der Waals surface area contributed by atoms with Crippen LogP contribution in [0.2, 0.25) is 0 Å². The van der Waals surface area contributed by atoms with Crippen molar-refractivity contribution in [2.45, 2.75) is 19.4 Å². The van der Waals surface area contributed by atoms with E-state index in [1.54, 1.807) is 29.6 Å². The molecular weight excluding hydrogens is 336 g/mol. The lowest BCUT2D eigenvalue weighted by Crippen LogP contribution is -2.44. The molecule has 2 heterocycles. The third kappa shape index (κ3) is 4.53. The van der Waals surface area contributed by atoms with Crippen molar-refractivity contribution >= 4 is 17.7 Å². The van der Waals surface area contributed by atoms with E-state index in [4.69, 9.17) is 9.84 Å². The Morgan fingerprint density at radius 3 is 2.96 bits per heavy atom. The summed E-state index contributed by atoms with van der Waals surface area (Å²) in [4.78, 5) is 29.2. The summed E-state index contributed by atoms with van der Waals surface area (Å²) in [6.45, 7) is 1.87. The number of nitrogens with one attached hydrogen (secondary N) is 1. The van der Waals surface area contributed by atoms with Crippen LogP contribution >= 0.6 is 0 Å². The average molecular weight is 358 g/mol. The van der Waals surface area contributed by atoms with E-state index in [1.165, 1.54) is 0 Å². The van der Waals surface area contributed by atoms with Crippen LogP contribution in [0.4, 0.5) is 10.5 Å². The fourth-order valence-electron chi connectivity index (χ4n) is 2.93. The molecule has 2 amide bonds. The Labute approximate surface area is 151 Å². The molecule has 1 aromatic carbocycles. The number of carbonyl (C=O) groups excluding carboxylic acids is 1. The van der Waals surface area contributed by atoms with Gasteiger partial charge in [-0.05, 0) is 25.0 Å². The molecule has 1 aromatic heterocycles. The van der Waals surface area contributed by atoms with E-state index < -0.39 is 11.9 Å². The second-order valence-corrected chi connectivity index (χ2v) is 6.20. The number of imidazole rings is 1. The van der Waals surface area contributed by atoms with Gasteiger partial charge in [-0.3, -0.25) is 4.79 Å². The minimum Gasteiger partial charge on any atom is -0.490 e. The Morgan fingerprint density at radius 2 is 2.19 bits per heavy atom. The summed E-state index contributed by atoms with van der Waals surface area (Å²) in [7, 11) is 0. The number of urea groups is 1. The Morgan fingerprint density at radius 1 is 1.35 bits per heavy atom. The van der Waals surface area contributed by atoms with Crippen molar-refractivity contribution in [1.82, 2.24) is 14.5 Å². The zero-order chi connectivity index (χ0) is 18.4. The van der Waals surface area contributed by atoms with E-state index in [1.807, 2.05) is 22.9 Å². The summed E-state index contributed by atoms with van der Waals surface area (Å²) in [6, 6.07) is 6.91. The molecule has 8 nitrogen and oxygen atoms in total. The Balaban J connectivity index is 1.58. The van der Waals surface area contributed by atoms with Gasteiger partial charge in [0.1, 0.15) is 12.4 Å². The van der Waals surface area contributed by atoms with Crippen LogP contribution in [0.25, 0.3) is 0 Å². The minimum absolute atomic E-state index is 0.227. The summed E-state index contributed by atoms with van der Waals surface area (Å²) in [5, 5.41) is 12.0. The number of piperidine rings is 1. The van der Waals surface area contributed by atoms with E-state index in [0.29, 0.717) is 44.0 Å². The molecule has 1 fully saturated rings. The van der Waals surface area contributed by atoms with Gasteiger partial charge in [-0.2, -0.15) is 0 Å². The van der Waals surface area contributed by atoms with Gasteiger partial charge in [-0.25, -0.2) is 9.78 Å². The molecule has 0 spiro atoms. The number of carbonyl (C=O) groups is 2. The van der Waals surface area contributed by atoms with Crippen LogP contribution in [0.1, 0.15) is 12.8 Å². The second-order valence-electron chi connectivity index (χ2n) is 6.20. The van der Waals surface area contributed by atoms with Gasteiger partial charge < -0.3 is 24.6 Å². The number of likely N-dealkylation sites (tertiary alicyclic amines) is 1. The fraction of sp³-hybridized carbons (Fsp3) is 0.389. The lowest BCUT2D eigenvalue weighted by molar-refractivity contribution is -0.143. The average Bonchev–Trinajstić information content (AvgIpc) is 3.16. The molecule has 1 atom stereocenters. The summed E-state index contributed by atoms with van der Waals surface area (Å²) in [5.74, 6) is -0.783. The second kappa shape index (κ2) is 8.37. The molecular formula is C18H22N4O4. The number of hydrogen-bond acceptors (Lipinski definition) is 4. The van der Waals surface area contributed by atoms with Crippen molar-refractivity contribution in [3.05, 3.63) is 43.0 Å². The number of para-hydroxylation sites is 2. The van der Waals surface area contributed by atoms with Gasteiger partial charge in [0.25, 0.3) is 0 Å². The van der Waals surface area contributed by atoms with Crippen molar-refractivity contribution in [3.8, 4) is 5.75 Å². The zero-order valence-corrected chi connectivity index (χ0v) is 14.4. The van der Waals surface area contributed by atoms with Crippen LogP contribution in [0.15, 0.2) is 43.0 Å². The number of carboxylic acids is 1. The predicted octanol–water partition coefficient (Wildman–Crippen LogP) is 2.29. The number of benzene rings is 1. The largest absolute Gasteiger partial charge is 0.490 e. The number of nitrogens with zero attached hydrogens (tertiary/aromatic N) is 3. The number of amides is 2. The SMILES string of the molecule is O=C(O)C1CCCN(C(=O)Nc2ccccc2OCCn2ccnc2)C1. The third-order valence-corrected chi connectivity index (χ3v) is 4.35. The number of ether oxygens (including phenoxy) is 1. The molecule has 0 aliphatic carbocycles. The Hall–Kier alpha value is -3.03. The van der Waals surface area contributed by atoms with Gasteiger partial charge in [0, 0.05) is 25.5 Å². The number of aliphatic carboxylic acids is 1. The maximum atomic E-state index is 12.5. The number of anilines is 1. The van der Waals surface area contributed by atoms with Gasteiger partial charge in [-0.15, -0.1) is 0 Å². The van der Waals surface area contributed by atoms with Crippen LogP contribution in [-0.2, 0) is 11.3 Å². The molecule has 3 rings (SSSR count). The summed E-state index contributed by atoms with van der Waals surface area (Å²) >= 11 is 0. The maximum Gasteiger partial charge on any atom is 0.321 e. The molecule has 1 aliphatic rings. The van der Waals surface area contributed by atoms with Gasteiger partial charge >= 0.3 is 12.0 Å². The quantitative estimate of drug-likeness (QED) is 0.826. The topological polar surface area (TPSA) is 96.7 Å². The van der Waals surface area contributed by atoms with Crippen molar-refractivity contribution in [2.24, 2.45) is 5.92 Å². The van der Waals surface area contributed by atoms with Crippen LogP contribution in [0.3, 0.4) is 0 Å². The van der Waals surface area contributed by atoms with Crippen LogP contribution < -0.4 is 10.1 Å². The normalized spacial score (nSPS) is 16.9. The first-order chi connectivity index (χ1) is 12.6. The monoisotopic (exact) mass is 358 g/mol. The number of rotatable bonds is 6. The molecule has 1 saturated heterocycles. The maximum absolute atomic E-state index is 12.5. The molecule has 0 saturated carbocycles. The first-order valence-electron chi connectivity index (χ1n) is 8.60. The standard InChI is InChI=1S/C18H22N4O4/c23-17(24)14-4-3-8-22(12-14)18(25)20-15-5-1-2-6-16(15)26-11-10-21-9-7-19-13-21/h1-2,5-7,9,13-14H,3-4,8,10-12H2,(H,20,25)(H,23,24). The van der Waals surface area contributed by atoms with E-state index in [-0.39, 0.29) is 12.6 Å². The first-order valence-corrected chi connectivity index (χ1v) is 8.60. The van der Waals surface area contributed by atoms with E-state index in [0.717, 1.165) is 0 Å². The summed E-state index contributed by atoms with van der Waals surface area (Å²) in [6.07, 6.45) is 6.57. The summed E-state index contributed by atoms with van der Waals surface area (Å²) < 4.78 is 7.69. The van der Waals surface area contributed by atoms with Crippen LogP contribution in [0, 0.1) is 5.92 Å². The van der Waals surface area contributed by atoms with Gasteiger partial charge in [-0.1, -0.05) is 12.1 Å². The Bertz CT molecular complexity index is 747. The molecule has 138 valence electrons. The smallest absolute Gasteiger partial charge is 0.321 e. The van der Waals surface area contributed by atoms with Gasteiger partial charge in [0.15, 0.2) is 0 Å². The molecule has 1 unspecified atom stereocenters. The van der Waals surface area contributed by atoms with Crippen molar-refractivity contribution in [3.63, 3.8) is 0 Å². The number of hydrogen-bond donors (Lipinski definition) is 2. The van der Waals surface area contributed by atoms with E-state index in [9.17, 15) is 9.59 Å². The molecule has 1 aliphatic heterocycles. The third-order valence-electron chi connectivity index (χ3n) is 4.35. The highest BCUT2D eigenvalue weighted by atomic mass is 16.5. The Kier molecular flexibility index (Phi) is 5.73. The fourth-order valence-corrected chi connectivity index (χ4v) is 2.93. The molecule has 26 heavy (non-hydrogen) atoms. The number of aromatic nitrogens is 2. The van der Waals surface area contributed by atoms with Crippen molar-refractivity contribution < 1.29 is 19.4 Å². The number of carboxylic acid groups (broad SMARTS) is 1. The zero-order valence-electron chi connectivity index (χ0n) is 14.4. The highest BCUT2D eigenvalue weighted by Gasteiger charge is 2.28. The lowest BCUT2D eigenvalue weighted by atomic mass is 9.99. The lowest BCUT2D eigenvalue weighted by Gasteiger charge is -2.30. The summed E-state index contributed by atoms with van der Waals surface area (Å²) in [5.41, 5.74) is 0.570. The van der Waals surface area contributed by atoms with Crippen molar-refractivity contribution in [1.29, 1.82) is 0 Å². The highest BCUT2D eigenvalue weighted by molar-refractivity contribution is 5.91. The molecule has 0 radical (unpaired) electrons. The predicted molar refractivity (Wildman–Crippen MR) is 95.1 cm³/mol. The van der Waals surface area contributed by atoms with Gasteiger partial charge in [0.05, 0.1) is 24.5 Å². The van der Waals surface area contributed by atoms with Crippen LogP contribution in [0.5, 0.6) is 5.75 Å². The highest BCUT2D eigenvalue weighted by Crippen LogP contribution is 2.25. The van der Waals surface area contributed by atoms with E-state index >= 15 is 0 Å². The molecule has 2 N–H and O–H groups in total. The minimum atomic E-state index is -0.856. The van der Waals surface area contributed by atoms with Crippen molar-refractivity contribution in [2.75, 3.05) is 25.0 Å². The molecule has 0 bridgehead atoms. The molecule has 2 aromatic rings.